The molecule has 2 N–H and O–H groups in total. The first-order valence-corrected chi connectivity index (χ1v) is 6.89. The van der Waals surface area contributed by atoms with E-state index in [1.54, 1.807) is 0 Å². The van der Waals surface area contributed by atoms with Gasteiger partial charge in [-0.05, 0) is 12.8 Å². The molecule has 0 radical (unpaired) electrons. The highest BCUT2D eigenvalue weighted by Gasteiger charge is 2.23. The van der Waals surface area contributed by atoms with E-state index in [-0.39, 0.29) is 23.1 Å². The first-order chi connectivity index (χ1) is 7.55. The molecule has 0 unspecified atom stereocenters. The second-order valence-corrected chi connectivity index (χ2v) is 6.21. The Bertz CT molecular complexity index is 509. The molecule has 6 nitrogen and oxygen atoms in total. The van der Waals surface area contributed by atoms with Crippen LogP contribution in [-0.2, 0) is 9.84 Å². The fourth-order valence-electron chi connectivity index (χ4n) is 1.73. The molecule has 2 rings (SSSR count). The minimum absolute atomic E-state index is 0.104. The van der Waals surface area contributed by atoms with Crippen LogP contribution in [-0.4, -0.2) is 36.2 Å². The molecule has 2 heterocycles. The minimum atomic E-state index is -2.84. The highest BCUT2D eigenvalue weighted by Crippen LogP contribution is 2.16. The normalized spacial score (nSPS) is 20.5. The summed E-state index contributed by atoms with van der Waals surface area (Å²) in [6.07, 6.45) is 2.68. The van der Waals surface area contributed by atoms with Crippen molar-refractivity contribution >= 4 is 15.5 Å². The maximum Gasteiger partial charge on any atom is 0.266 e. The SMILES string of the molecule is O=c1cc(NC2CCS(=O)(=O)CC2)cn[nH]1. The van der Waals surface area contributed by atoms with Gasteiger partial charge in [0, 0.05) is 12.1 Å². The Hall–Kier alpha value is -1.37. The average Bonchev–Trinajstić information content (AvgIpc) is 2.21. The largest absolute Gasteiger partial charge is 0.381 e. The van der Waals surface area contributed by atoms with Crippen LogP contribution in [0.25, 0.3) is 0 Å². The molecular formula is C9H13N3O3S. The lowest BCUT2D eigenvalue weighted by molar-refractivity contribution is 0.559. The molecule has 1 aliphatic rings. The molecule has 0 amide bonds. The summed E-state index contributed by atoms with van der Waals surface area (Å²) in [5.41, 5.74) is 0.362. The lowest BCUT2D eigenvalue weighted by Gasteiger charge is -2.23. The van der Waals surface area contributed by atoms with Gasteiger partial charge in [0.2, 0.25) is 0 Å². The quantitative estimate of drug-likeness (QED) is 0.748. The van der Waals surface area contributed by atoms with Crippen LogP contribution < -0.4 is 10.9 Å². The Morgan fingerprint density at radius 3 is 2.69 bits per heavy atom. The Labute approximate surface area is 93.0 Å². The molecule has 1 aromatic rings. The summed E-state index contributed by atoms with van der Waals surface area (Å²) in [7, 11) is -2.84. The van der Waals surface area contributed by atoms with Gasteiger partial charge >= 0.3 is 0 Å². The number of nitrogens with one attached hydrogen (secondary N) is 2. The molecule has 0 spiro atoms. The molecule has 0 bridgehead atoms. The summed E-state index contributed by atoms with van der Waals surface area (Å²) < 4.78 is 22.4. The zero-order valence-corrected chi connectivity index (χ0v) is 9.46. The molecule has 0 aromatic carbocycles. The Kier molecular flexibility index (Phi) is 2.95. The smallest absolute Gasteiger partial charge is 0.266 e. The molecule has 7 heteroatoms. The molecule has 0 atom stereocenters. The Morgan fingerprint density at radius 1 is 1.38 bits per heavy atom. The molecule has 88 valence electrons. The summed E-state index contributed by atoms with van der Waals surface area (Å²) in [6.45, 7) is 0. The van der Waals surface area contributed by atoms with Crippen molar-refractivity contribution in [3.63, 3.8) is 0 Å². The fourth-order valence-corrected chi connectivity index (χ4v) is 3.22. The molecule has 1 aliphatic heterocycles. The molecular weight excluding hydrogens is 230 g/mol. The summed E-state index contributed by atoms with van der Waals surface area (Å²) in [4.78, 5) is 11.0. The minimum Gasteiger partial charge on any atom is -0.381 e. The van der Waals surface area contributed by atoms with Gasteiger partial charge in [-0.15, -0.1) is 0 Å². The van der Waals surface area contributed by atoms with Crippen LogP contribution in [0.15, 0.2) is 17.1 Å². The number of sulfone groups is 1. The van der Waals surface area contributed by atoms with Crippen molar-refractivity contribution in [1.29, 1.82) is 0 Å². The fraction of sp³-hybridized carbons (Fsp3) is 0.556. The number of rotatable bonds is 2. The van der Waals surface area contributed by atoms with Gasteiger partial charge in [0.15, 0.2) is 0 Å². The van der Waals surface area contributed by atoms with Gasteiger partial charge in [0.05, 0.1) is 23.4 Å². The first kappa shape index (κ1) is 11.1. The van der Waals surface area contributed by atoms with E-state index in [4.69, 9.17) is 0 Å². The standard InChI is InChI=1S/C9H13N3O3S/c13-9-5-8(6-10-12-9)11-7-1-3-16(14,15)4-2-7/h5-7H,1-4H2,(H2,11,12,13). The predicted octanol–water partition coefficient (Wildman–Crippen LogP) is -0.241. The lowest BCUT2D eigenvalue weighted by Crippen LogP contribution is -2.32. The highest BCUT2D eigenvalue weighted by molar-refractivity contribution is 7.91. The second kappa shape index (κ2) is 4.25. The van der Waals surface area contributed by atoms with Crippen LogP contribution in [0.4, 0.5) is 5.69 Å². The van der Waals surface area contributed by atoms with Crippen molar-refractivity contribution < 1.29 is 8.42 Å². The maximum absolute atomic E-state index is 11.2. The van der Waals surface area contributed by atoms with Gasteiger partial charge in [-0.1, -0.05) is 0 Å². The highest BCUT2D eigenvalue weighted by atomic mass is 32.2. The van der Waals surface area contributed by atoms with Crippen LogP contribution in [0.1, 0.15) is 12.8 Å². The molecule has 0 saturated carbocycles. The number of nitrogens with zero attached hydrogens (tertiary/aromatic N) is 1. The molecule has 1 fully saturated rings. The lowest BCUT2D eigenvalue weighted by atomic mass is 10.1. The predicted molar refractivity (Wildman–Crippen MR) is 60.2 cm³/mol. The summed E-state index contributed by atoms with van der Waals surface area (Å²) >= 11 is 0. The number of anilines is 1. The molecule has 0 aliphatic carbocycles. The van der Waals surface area contributed by atoms with Gasteiger partial charge in [-0.25, -0.2) is 13.5 Å². The Morgan fingerprint density at radius 2 is 2.06 bits per heavy atom. The van der Waals surface area contributed by atoms with E-state index in [1.165, 1.54) is 12.3 Å². The number of H-pyrrole nitrogens is 1. The van der Waals surface area contributed by atoms with Gasteiger partial charge in [0.1, 0.15) is 9.84 Å². The van der Waals surface area contributed by atoms with Gasteiger partial charge in [0.25, 0.3) is 5.56 Å². The Balaban J connectivity index is 1.99. The van der Waals surface area contributed by atoms with E-state index >= 15 is 0 Å². The van der Waals surface area contributed by atoms with Gasteiger partial charge in [-0.2, -0.15) is 5.10 Å². The van der Waals surface area contributed by atoms with E-state index in [1.807, 2.05) is 0 Å². The van der Waals surface area contributed by atoms with Crippen LogP contribution in [0.2, 0.25) is 0 Å². The third-order valence-electron chi connectivity index (χ3n) is 2.59. The third-order valence-corrected chi connectivity index (χ3v) is 4.31. The maximum atomic E-state index is 11.2. The molecule has 16 heavy (non-hydrogen) atoms. The van der Waals surface area contributed by atoms with Crippen LogP contribution in [0.3, 0.4) is 0 Å². The summed E-state index contributed by atoms with van der Waals surface area (Å²) in [6, 6.07) is 1.52. The van der Waals surface area contributed by atoms with Crippen molar-refractivity contribution in [2.24, 2.45) is 0 Å². The van der Waals surface area contributed by atoms with Crippen molar-refractivity contribution in [3.8, 4) is 0 Å². The number of hydrogen-bond donors (Lipinski definition) is 2. The van der Waals surface area contributed by atoms with E-state index in [2.05, 4.69) is 15.5 Å². The molecule has 1 saturated heterocycles. The first-order valence-electron chi connectivity index (χ1n) is 5.07. The monoisotopic (exact) mass is 243 g/mol. The van der Waals surface area contributed by atoms with E-state index in [0.717, 1.165) is 0 Å². The van der Waals surface area contributed by atoms with E-state index < -0.39 is 9.84 Å². The summed E-state index contributed by atoms with van der Waals surface area (Å²) in [5.74, 6) is 0.419. The number of aromatic amines is 1. The van der Waals surface area contributed by atoms with Crippen molar-refractivity contribution in [3.05, 3.63) is 22.6 Å². The van der Waals surface area contributed by atoms with E-state index in [9.17, 15) is 13.2 Å². The van der Waals surface area contributed by atoms with Crippen molar-refractivity contribution in [2.45, 2.75) is 18.9 Å². The number of aromatic nitrogens is 2. The number of hydrogen-bond acceptors (Lipinski definition) is 5. The topological polar surface area (TPSA) is 91.9 Å². The van der Waals surface area contributed by atoms with Gasteiger partial charge < -0.3 is 5.32 Å². The van der Waals surface area contributed by atoms with Crippen LogP contribution in [0.5, 0.6) is 0 Å². The van der Waals surface area contributed by atoms with Crippen LogP contribution >= 0.6 is 0 Å². The van der Waals surface area contributed by atoms with Crippen LogP contribution in [0, 0.1) is 0 Å². The van der Waals surface area contributed by atoms with Crippen molar-refractivity contribution in [2.75, 3.05) is 16.8 Å². The summed E-state index contributed by atoms with van der Waals surface area (Å²) in [5, 5.41) is 9.05. The average molecular weight is 243 g/mol. The molecule has 1 aromatic heterocycles. The third kappa shape index (κ3) is 2.82. The second-order valence-electron chi connectivity index (χ2n) is 3.90. The van der Waals surface area contributed by atoms with Crippen molar-refractivity contribution in [1.82, 2.24) is 10.2 Å². The zero-order valence-electron chi connectivity index (χ0n) is 8.64. The zero-order chi connectivity index (χ0) is 11.6. The van der Waals surface area contributed by atoms with Gasteiger partial charge in [-0.3, -0.25) is 4.79 Å². The van der Waals surface area contributed by atoms with E-state index in [0.29, 0.717) is 18.5 Å².